The van der Waals surface area contributed by atoms with Crippen LogP contribution < -0.4 is 10.6 Å². The SMILES string of the molecule is O=C1C[C@@H](c2ccccc2)CC2=C1[C@@H](c1ccc(Br)cc1)Nc1ccccc1N2. The Morgan fingerprint density at radius 3 is 2.21 bits per heavy atom. The van der Waals surface area contributed by atoms with Gasteiger partial charge in [0, 0.05) is 22.2 Å². The van der Waals surface area contributed by atoms with Crippen LogP contribution in [0.25, 0.3) is 0 Å². The monoisotopic (exact) mass is 444 g/mol. The highest BCUT2D eigenvalue weighted by Crippen LogP contribution is 2.44. The molecule has 0 saturated carbocycles. The van der Waals surface area contributed by atoms with Crippen LogP contribution >= 0.6 is 15.9 Å². The molecule has 1 aliphatic heterocycles. The molecule has 3 nitrogen and oxygen atoms in total. The Kier molecular flexibility index (Phi) is 4.72. The second-order valence-corrected chi connectivity index (χ2v) is 8.55. The molecule has 0 fully saturated rings. The van der Waals surface area contributed by atoms with E-state index in [2.05, 4.69) is 63.0 Å². The minimum atomic E-state index is -0.168. The third-order valence-electron chi connectivity index (χ3n) is 5.78. The topological polar surface area (TPSA) is 41.1 Å². The average Bonchev–Trinajstić information content (AvgIpc) is 2.92. The van der Waals surface area contributed by atoms with Gasteiger partial charge in [0.25, 0.3) is 0 Å². The van der Waals surface area contributed by atoms with Gasteiger partial charge in [-0.3, -0.25) is 4.79 Å². The zero-order valence-electron chi connectivity index (χ0n) is 15.9. The van der Waals surface area contributed by atoms with E-state index in [-0.39, 0.29) is 17.7 Å². The van der Waals surface area contributed by atoms with Crippen molar-refractivity contribution in [3.8, 4) is 0 Å². The fourth-order valence-electron chi connectivity index (χ4n) is 4.36. The second-order valence-electron chi connectivity index (χ2n) is 7.63. The van der Waals surface area contributed by atoms with E-state index >= 15 is 0 Å². The van der Waals surface area contributed by atoms with Crippen LogP contribution in [0.2, 0.25) is 0 Å². The van der Waals surface area contributed by atoms with Crippen LogP contribution in [0.15, 0.2) is 94.6 Å². The first-order valence-electron chi connectivity index (χ1n) is 9.88. The number of hydrogen-bond donors (Lipinski definition) is 2. The van der Waals surface area contributed by atoms with Gasteiger partial charge in [-0.1, -0.05) is 70.5 Å². The molecule has 0 amide bonds. The predicted octanol–water partition coefficient (Wildman–Crippen LogP) is 6.43. The summed E-state index contributed by atoms with van der Waals surface area (Å²) in [4.78, 5) is 13.4. The highest BCUT2D eigenvalue weighted by atomic mass is 79.9. The van der Waals surface area contributed by atoms with Crippen molar-refractivity contribution in [2.75, 3.05) is 10.6 Å². The molecule has 144 valence electrons. The van der Waals surface area contributed by atoms with Gasteiger partial charge in [-0.25, -0.2) is 0 Å². The Morgan fingerprint density at radius 2 is 1.45 bits per heavy atom. The molecule has 5 rings (SSSR count). The number of Topliss-reactive ketones (excluding diaryl/α,β-unsaturated/α-hetero) is 1. The maximum Gasteiger partial charge on any atom is 0.163 e. The number of para-hydroxylation sites is 2. The van der Waals surface area contributed by atoms with E-state index in [1.807, 2.05) is 42.5 Å². The van der Waals surface area contributed by atoms with Crippen molar-refractivity contribution in [3.05, 3.63) is 106 Å². The van der Waals surface area contributed by atoms with E-state index < -0.39 is 0 Å². The van der Waals surface area contributed by atoms with Gasteiger partial charge in [0.2, 0.25) is 0 Å². The first kappa shape index (κ1) is 18.2. The van der Waals surface area contributed by atoms with Gasteiger partial charge in [-0.15, -0.1) is 0 Å². The molecular weight excluding hydrogens is 424 g/mol. The largest absolute Gasteiger partial charge is 0.372 e. The lowest BCUT2D eigenvalue weighted by Gasteiger charge is -2.30. The van der Waals surface area contributed by atoms with E-state index in [0.717, 1.165) is 39.1 Å². The minimum absolute atomic E-state index is 0.168. The van der Waals surface area contributed by atoms with Gasteiger partial charge in [-0.2, -0.15) is 0 Å². The van der Waals surface area contributed by atoms with Crippen molar-refractivity contribution >= 4 is 33.1 Å². The summed E-state index contributed by atoms with van der Waals surface area (Å²) in [6.07, 6.45) is 1.36. The molecule has 2 N–H and O–H groups in total. The van der Waals surface area contributed by atoms with E-state index in [1.165, 1.54) is 5.56 Å². The van der Waals surface area contributed by atoms with E-state index in [4.69, 9.17) is 0 Å². The molecule has 0 aromatic heterocycles. The number of halogens is 1. The molecule has 3 aromatic carbocycles. The molecule has 1 aliphatic carbocycles. The van der Waals surface area contributed by atoms with E-state index in [9.17, 15) is 4.79 Å². The zero-order chi connectivity index (χ0) is 19.8. The Labute approximate surface area is 179 Å². The summed E-state index contributed by atoms with van der Waals surface area (Å²) in [5.74, 6) is 0.409. The van der Waals surface area contributed by atoms with Crippen LogP contribution in [0.3, 0.4) is 0 Å². The summed E-state index contributed by atoms with van der Waals surface area (Å²) in [6.45, 7) is 0. The maximum atomic E-state index is 13.4. The van der Waals surface area contributed by atoms with Gasteiger partial charge in [0.1, 0.15) is 0 Å². The van der Waals surface area contributed by atoms with Gasteiger partial charge in [0.05, 0.1) is 17.4 Å². The minimum Gasteiger partial charge on any atom is -0.372 e. The number of allylic oxidation sites excluding steroid dienone is 1. The molecule has 2 aliphatic rings. The number of carbonyl (C=O) groups excluding carboxylic acids is 1. The fourth-order valence-corrected chi connectivity index (χ4v) is 4.62. The Bertz CT molecular complexity index is 1090. The number of nitrogens with one attached hydrogen (secondary N) is 2. The normalized spacial score (nSPS) is 20.8. The Hall–Kier alpha value is -2.85. The number of rotatable bonds is 2. The Morgan fingerprint density at radius 1 is 0.759 bits per heavy atom. The number of hydrogen-bond acceptors (Lipinski definition) is 3. The summed E-state index contributed by atoms with van der Waals surface area (Å²) in [5, 5.41) is 7.21. The number of carbonyl (C=O) groups is 1. The maximum absolute atomic E-state index is 13.4. The molecule has 0 unspecified atom stereocenters. The molecule has 2 atom stereocenters. The summed E-state index contributed by atoms with van der Waals surface area (Å²) in [5.41, 5.74) is 6.22. The van der Waals surface area contributed by atoms with Crippen LogP contribution in [0.1, 0.15) is 35.9 Å². The number of fused-ring (bicyclic) bond motifs is 1. The summed E-state index contributed by atoms with van der Waals surface area (Å²) in [7, 11) is 0. The van der Waals surface area contributed by atoms with Gasteiger partial charge >= 0.3 is 0 Å². The molecule has 1 heterocycles. The number of benzene rings is 3. The second kappa shape index (κ2) is 7.53. The van der Waals surface area contributed by atoms with Crippen LogP contribution in [0.4, 0.5) is 11.4 Å². The molecular formula is C25H21BrN2O. The molecule has 0 radical (unpaired) electrons. The van der Waals surface area contributed by atoms with Gasteiger partial charge in [-0.05, 0) is 47.7 Å². The average molecular weight is 445 g/mol. The smallest absolute Gasteiger partial charge is 0.163 e. The lowest BCUT2D eigenvalue weighted by Crippen LogP contribution is -2.26. The van der Waals surface area contributed by atoms with Gasteiger partial charge in [0.15, 0.2) is 5.78 Å². The summed E-state index contributed by atoms with van der Waals surface area (Å²) >= 11 is 3.51. The van der Waals surface area contributed by atoms with Crippen molar-refractivity contribution in [2.24, 2.45) is 0 Å². The van der Waals surface area contributed by atoms with E-state index in [0.29, 0.717) is 6.42 Å². The van der Waals surface area contributed by atoms with Crippen molar-refractivity contribution in [1.82, 2.24) is 0 Å². The van der Waals surface area contributed by atoms with E-state index in [1.54, 1.807) is 0 Å². The van der Waals surface area contributed by atoms with Gasteiger partial charge < -0.3 is 10.6 Å². The Balaban J connectivity index is 1.61. The van der Waals surface area contributed by atoms with Crippen LogP contribution in [0, 0.1) is 0 Å². The molecule has 29 heavy (non-hydrogen) atoms. The van der Waals surface area contributed by atoms with Crippen LogP contribution in [0.5, 0.6) is 0 Å². The first-order chi connectivity index (χ1) is 14.2. The van der Waals surface area contributed by atoms with Crippen molar-refractivity contribution in [2.45, 2.75) is 24.8 Å². The molecule has 4 heteroatoms. The standard InChI is InChI=1S/C25H21BrN2O/c26-19-12-10-17(11-13-19)25-24-22(27-20-8-4-5-9-21(20)28-25)14-18(15-23(24)29)16-6-2-1-3-7-16/h1-13,18,25,27-28H,14-15H2/t18-,25+/m0/s1. The third kappa shape index (κ3) is 3.49. The highest BCUT2D eigenvalue weighted by molar-refractivity contribution is 9.10. The predicted molar refractivity (Wildman–Crippen MR) is 121 cm³/mol. The molecule has 0 bridgehead atoms. The first-order valence-corrected chi connectivity index (χ1v) is 10.7. The lowest BCUT2D eigenvalue weighted by atomic mass is 9.78. The van der Waals surface area contributed by atoms with Crippen molar-refractivity contribution < 1.29 is 4.79 Å². The summed E-state index contributed by atoms with van der Waals surface area (Å²) in [6, 6.07) is 26.6. The number of anilines is 2. The van der Waals surface area contributed by atoms with Crippen LogP contribution in [-0.2, 0) is 4.79 Å². The molecule has 3 aromatic rings. The van der Waals surface area contributed by atoms with Crippen molar-refractivity contribution in [3.63, 3.8) is 0 Å². The van der Waals surface area contributed by atoms with Crippen molar-refractivity contribution in [1.29, 1.82) is 0 Å². The molecule has 0 spiro atoms. The van der Waals surface area contributed by atoms with Crippen LogP contribution in [-0.4, -0.2) is 5.78 Å². The quantitative estimate of drug-likeness (QED) is 0.478. The summed E-state index contributed by atoms with van der Waals surface area (Å²) < 4.78 is 1.03. The third-order valence-corrected chi connectivity index (χ3v) is 6.31. The zero-order valence-corrected chi connectivity index (χ0v) is 17.4. The fraction of sp³-hybridized carbons (Fsp3) is 0.160. The number of ketones is 1. The highest BCUT2D eigenvalue weighted by Gasteiger charge is 2.35. The molecule has 0 saturated heterocycles. The lowest BCUT2D eigenvalue weighted by molar-refractivity contribution is -0.116.